The first-order chi connectivity index (χ1) is 11.0. The molecule has 0 bridgehead atoms. The topological polar surface area (TPSA) is 53.1 Å². The SMILES string of the molecule is C[C@H](C(=O)N(C)C)N1CCCN(C(=O)Oc2ccccc2)CC1. The molecule has 1 atom stereocenters. The monoisotopic (exact) mass is 319 g/mol. The van der Waals surface area contributed by atoms with Crippen molar-refractivity contribution in [1.82, 2.24) is 14.7 Å². The Bertz CT molecular complexity index is 533. The van der Waals surface area contributed by atoms with Gasteiger partial charge in [-0.05, 0) is 25.5 Å². The minimum atomic E-state index is -0.329. The predicted molar refractivity (Wildman–Crippen MR) is 88.4 cm³/mol. The molecule has 1 aromatic carbocycles. The lowest BCUT2D eigenvalue weighted by Gasteiger charge is -2.28. The smallest absolute Gasteiger partial charge is 0.410 e. The number of ether oxygens (including phenoxy) is 1. The van der Waals surface area contributed by atoms with Gasteiger partial charge < -0.3 is 14.5 Å². The molecule has 126 valence electrons. The van der Waals surface area contributed by atoms with Crippen LogP contribution in [0.1, 0.15) is 13.3 Å². The molecule has 0 radical (unpaired) electrons. The van der Waals surface area contributed by atoms with Crippen LogP contribution < -0.4 is 4.74 Å². The first-order valence-corrected chi connectivity index (χ1v) is 7.96. The fourth-order valence-electron chi connectivity index (χ4n) is 2.69. The molecule has 1 fully saturated rings. The van der Waals surface area contributed by atoms with Gasteiger partial charge in [0.05, 0.1) is 6.04 Å². The Morgan fingerprint density at radius 3 is 2.43 bits per heavy atom. The Kier molecular flexibility index (Phi) is 5.98. The summed E-state index contributed by atoms with van der Waals surface area (Å²) in [5, 5.41) is 0. The first-order valence-electron chi connectivity index (χ1n) is 7.96. The molecule has 2 amide bonds. The number of hydrogen-bond donors (Lipinski definition) is 0. The van der Waals surface area contributed by atoms with Gasteiger partial charge in [0, 0.05) is 40.3 Å². The summed E-state index contributed by atoms with van der Waals surface area (Å²) in [6.45, 7) is 4.60. The Labute approximate surface area is 137 Å². The van der Waals surface area contributed by atoms with Crippen molar-refractivity contribution in [3.05, 3.63) is 30.3 Å². The fourth-order valence-corrected chi connectivity index (χ4v) is 2.69. The largest absolute Gasteiger partial charge is 0.415 e. The molecule has 0 aromatic heterocycles. The van der Waals surface area contributed by atoms with Crippen molar-refractivity contribution in [1.29, 1.82) is 0 Å². The normalized spacial score (nSPS) is 17.3. The third kappa shape index (κ3) is 4.69. The summed E-state index contributed by atoms with van der Waals surface area (Å²) in [5.41, 5.74) is 0. The summed E-state index contributed by atoms with van der Waals surface area (Å²) in [6, 6.07) is 8.90. The highest BCUT2D eigenvalue weighted by Crippen LogP contribution is 2.13. The van der Waals surface area contributed by atoms with Gasteiger partial charge in [0.2, 0.25) is 5.91 Å². The molecular weight excluding hydrogens is 294 g/mol. The summed E-state index contributed by atoms with van der Waals surface area (Å²) in [7, 11) is 3.53. The molecule has 0 unspecified atom stereocenters. The van der Waals surface area contributed by atoms with E-state index in [1.165, 1.54) is 0 Å². The highest BCUT2D eigenvalue weighted by Gasteiger charge is 2.27. The molecule has 23 heavy (non-hydrogen) atoms. The molecule has 1 aliphatic heterocycles. The first kappa shape index (κ1) is 17.3. The number of carbonyl (C=O) groups excluding carboxylic acids is 2. The summed E-state index contributed by atoms with van der Waals surface area (Å²) in [4.78, 5) is 29.8. The van der Waals surface area contributed by atoms with Crippen LogP contribution in [0.3, 0.4) is 0 Å². The highest BCUT2D eigenvalue weighted by atomic mass is 16.6. The lowest BCUT2D eigenvalue weighted by Crippen LogP contribution is -2.46. The quantitative estimate of drug-likeness (QED) is 0.850. The van der Waals surface area contributed by atoms with Crippen LogP contribution in [-0.2, 0) is 4.79 Å². The molecule has 0 spiro atoms. The van der Waals surface area contributed by atoms with E-state index >= 15 is 0 Å². The number of amides is 2. The summed E-state index contributed by atoms with van der Waals surface area (Å²) in [6.07, 6.45) is 0.499. The van der Waals surface area contributed by atoms with Gasteiger partial charge in [-0.2, -0.15) is 0 Å². The molecule has 0 aliphatic carbocycles. The zero-order valence-corrected chi connectivity index (χ0v) is 14.1. The van der Waals surface area contributed by atoms with Crippen LogP contribution in [-0.4, -0.2) is 73.0 Å². The van der Waals surface area contributed by atoms with Crippen LogP contribution in [0.5, 0.6) is 5.75 Å². The maximum atomic E-state index is 12.2. The van der Waals surface area contributed by atoms with E-state index in [4.69, 9.17) is 4.74 Å². The number of rotatable bonds is 3. The second-order valence-electron chi connectivity index (χ2n) is 5.97. The second kappa shape index (κ2) is 7.97. The van der Waals surface area contributed by atoms with E-state index in [1.807, 2.05) is 25.1 Å². The van der Waals surface area contributed by atoms with E-state index < -0.39 is 0 Å². The van der Waals surface area contributed by atoms with E-state index in [9.17, 15) is 9.59 Å². The van der Waals surface area contributed by atoms with Gasteiger partial charge in [0.15, 0.2) is 0 Å². The zero-order chi connectivity index (χ0) is 16.8. The molecule has 1 aromatic rings. The Morgan fingerprint density at radius 1 is 1.09 bits per heavy atom. The molecule has 0 N–H and O–H groups in total. The summed E-state index contributed by atoms with van der Waals surface area (Å²) in [5.74, 6) is 0.639. The number of nitrogens with zero attached hydrogens (tertiary/aromatic N) is 3. The highest BCUT2D eigenvalue weighted by molar-refractivity contribution is 5.81. The van der Waals surface area contributed by atoms with Crippen LogP contribution in [0.25, 0.3) is 0 Å². The lowest BCUT2D eigenvalue weighted by atomic mass is 10.2. The minimum absolute atomic E-state index is 0.0883. The van der Waals surface area contributed by atoms with Crippen LogP contribution in [0.2, 0.25) is 0 Å². The zero-order valence-electron chi connectivity index (χ0n) is 14.1. The maximum Gasteiger partial charge on any atom is 0.415 e. The van der Waals surface area contributed by atoms with Crippen molar-refractivity contribution in [3.63, 3.8) is 0 Å². The van der Waals surface area contributed by atoms with E-state index in [0.717, 1.165) is 13.0 Å². The number of para-hydroxylation sites is 1. The lowest BCUT2D eigenvalue weighted by molar-refractivity contribution is -0.133. The summed E-state index contributed by atoms with van der Waals surface area (Å²) >= 11 is 0. The van der Waals surface area contributed by atoms with E-state index in [2.05, 4.69) is 4.90 Å². The Balaban J connectivity index is 1.90. The van der Waals surface area contributed by atoms with Crippen molar-refractivity contribution >= 4 is 12.0 Å². The Morgan fingerprint density at radius 2 is 1.78 bits per heavy atom. The molecule has 1 saturated heterocycles. The van der Waals surface area contributed by atoms with Gasteiger partial charge in [0.25, 0.3) is 0 Å². The number of benzene rings is 1. The van der Waals surface area contributed by atoms with Crippen molar-refractivity contribution in [2.24, 2.45) is 0 Å². The standard InChI is InChI=1S/C17H25N3O3/c1-14(16(21)18(2)3)19-10-7-11-20(13-12-19)17(22)23-15-8-5-4-6-9-15/h4-6,8-9,14H,7,10-13H2,1-3H3/t14-/m1/s1. The molecular formula is C17H25N3O3. The van der Waals surface area contributed by atoms with Crippen LogP contribution in [0.15, 0.2) is 30.3 Å². The van der Waals surface area contributed by atoms with Crippen molar-refractivity contribution in [3.8, 4) is 5.75 Å². The molecule has 1 heterocycles. The van der Waals surface area contributed by atoms with Gasteiger partial charge in [-0.1, -0.05) is 18.2 Å². The summed E-state index contributed by atoms with van der Waals surface area (Å²) < 4.78 is 5.38. The van der Waals surface area contributed by atoms with Crippen molar-refractivity contribution in [2.75, 3.05) is 40.3 Å². The third-order valence-electron chi connectivity index (χ3n) is 4.08. The van der Waals surface area contributed by atoms with Gasteiger partial charge >= 0.3 is 6.09 Å². The minimum Gasteiger partial charge on any atom is -0.410 e. The average molecular weight is 319 g/mol. The molecule has 1 aliphatic rings. The molecule has 6 heteroatoms. The van der Waals surface area contributed by atoms with Crippen molar-refractivity contribution in [2.45, 2.75) is 19.4 Å². The Hall–Kier alpha value is -2.08. The van der Waals surface area contributed by atoms with Crippen molar-refractivity contribution < 1.29 is 14.3 Å². The average Bonchev–Trinajstić information content (AvgIpc) is 2.80. The van der Waals surface area contributed by atoms with E-state index in [1.54, 1.807) is 36.0 Å². The third-order valence-corrected chi connectivity index (χ3v) is 4.08. The van der Waals surface area contributed by atoms with Gasteiger partial charge in [-0.25, -0.2) is 4.79 Å². The number of carbonyl (C=O) groups is 2. The fraction of sp³-hybridized carbons (Fsp3) is 0.529. The van der Waals surface area contributed by atoms with Crippen LogP contribution in [0.4, 0.5) is 4.79 Å². The number of hydrogen-bond acceptors (Lipinski definition) is 4. The van der Waals surface area contributed by atoms with E-state index in [0.29, 0.717) is 25.4 Å². The maximum absolute atomic E-state index is 12.2. The van der Waals surface area contributed by atoms with Gasteiger partial charge in [-0.15, -0.1) is 0 Å². The second-order valence-corrected chi connectivity index (χ2v) is 5.97. The molecule has 2 rings (SSSR count). The van der Waals surface area contributed by atoms with Crippen LogP contribution >= 0.6 is 0 Å². The molecule has 0 saturated carbocycles. The molecule has 6 nitrogen and oxygen atoms in total. The van der Waals surface area contributed by atoms with Crippen LogP contribution in [0, 0.1) is 0 Å². The van der Waals surface area contributed by atoms with E-state index in [-0.39, 0.29) is 18.0 Å². The number of likely N-dealkylation sites (N-methyl/N-ethyl adjacent to an activating group) is 1. The van der Waals surface area contributed by atoms with Gasteiger partial charge in [0.1, 0.15) is 5.75 Å². The predicted octanol–water partition coefficient (Wildman–Crippen LogP) is 1.67. The van der Waals surface area contributed by atoms with Gasteiger partial charge in [-0.3, -0.25) is 9.69 Å².